The highest BCUT2D eigenvalue weighted by atomic mass is 16.5. The Bertz CT molecular complexity index is 763. The van der Waals surface area contributed by atoms with E-state index in [0.717, 1.165) is 13.1 Å². The van der Waals surface area contributed by atoms with Gasteiger partial charge in [0.2, 0.25) is 5.91 Å². The molecular formula is C21H33N3O5. The minimum absolute atomic E-state index is 0.00629. The number of hydrogen-bond acceptors (Lipinski definition) is 6. The van der Waals surface area contributed by atoms with Crippen molar-refractivity contribution >= 4 is 17.7 Å². The predicted octanol–water partition coefficient (Wildman–Crippen LogP) is 1.43. The molecule has 0 saturated carbocycles. The largest absolute Gasteiger partial charge is 0.464 e. The van der Waals surface area contributed by atoms with Crippen LogP contribution in [0.25, 0.3) is 0 Å². The van der Waals surface area contributed by atoms with E-state index in [1.165, 1.54) is 7.11 Å². The number of amides is 1. The number of nitrogens with zero attached hydrogens (tertiary/aromatic N) is 3. The van der Waals surface area contributed by atoms with Crippen molar-refractivity contribution in [1.29, 1.82) is 0 Å². The Kier molecular flexibility index (Phi) is 7.98. The van der Waals surface area contributed by atoms with Gasteiger partial charge in [0.05, 0.1) is 26.9 Å². The van der Waals surface area contributed by atoms with Gasteiger partial charge in [0, 0.05) is 50.4 Å². The summed E-state index contributed by atoms with van der Waals surface area (Å²) in [6.07, 6.45) is 0. The molecule has 0 unspecified atom stereocenters. The van der Waals surface area contributed by atoms with E-state index in [0.29, 0.717) is 48.8 Å². The molecule has 0 radical (unpaired) electrons. The second kappa shape index (κ2) is 10.0. The molecular weight excluding hydrogens is 374 g/mol. The third-order valence-electron chi connectivity index (χ3n) is 5.52. The van der Waals surface area contributed by atoms with Crippen molar-refractivity contribution in [2.24, 2.45) is 13.0 Å². The monoisotopic (exact) mass is 407 g/mol. The van der Waals surface area contributed by atoms with Crippen molar-refractivity contribution in [3.63, 3.8) is 0 Å². The van der Waals surface area contributed by atoms with Crippen LogP contribution in [0.2, 0.25) is 0 Å². The summed E-state index contributed by atoms with van der Waals surface area (Å²) in [5, 5.41) is 0. The fraction of sp³-hybridized carbons (Fsp3) is 0.667. The van der Waals surface area contributed by atoms with Gasteiger partial charge in [0.25, 0.3) is 0 Å². The summed E-state index contributed by atoms with van der Waals surface area (Å²) in [5.41, 5.74) is 2.13. The third kappa shape index (κ3) is 5.25. The molecule has 8 heteroatoms. The Morgan fingerprint density at radius 2 is 1.79 bits per heavy atom. The van der Waals surface area contributed by atoms with Crippen LogP contribution in [0.4, 0.5) is 0 Å². The predicted molar refractivity (Wildman–Crippen MR) is 109 cm³/mol. The number of esters is 1. The van der Waals surface area contributed by atoms with Gasteiger partial charge in [0.15, 0.2) is 5.78 Å². The molecule has 1 aliphatic rings. The third-order valence-corrected chi connectivity index (χ3v) is 5.52. The lowest BCUT2D eigenvalue weighted by atomic mass is 10.0. The van der Waals surface area contributed by atoms with Gasteiger partial charge in [-0.15, -0.1) is 0 Å². The first kappa shape index (κ1) is 23.1. The Labute approximate surface area is 172 Å². The van der Waals surface area contributed by atoms with Gasteiger partial charge in [-0.2, -0.15) is 0 Å². The highest BCUT2D eigenvalue weighted by Crippen LogP contribution is 2.23. The minimum Gasteiger partial charge on any atom is -0.464 e. The molecule has 1 amide bonds. The first-order valence-corrected chi connectivity index (χ1v) is 10.0. The van der Waals surface area contributed by atoms with E-state index in [4.69, 9.17) is 9.47 Å². The lowest BCUT2D eigenvalue weighted by Crippen LogP contribution is -2.45. The quantitative estimate of drug-likeness (QED) is 0.479. The molecule has 1 aromatic heterocycles. The molecule has 0 spiro atoms. The SMILES string of the molecule is COC(=O)c1c(C)c(C(=O)CN(CCN2CCOCC2)C(=O)C(C)C)c(C)n1C. The Balaban J connectivity index is 2.20. The first-order chi connectivity index (χ1) is 13.7. The van der Waals surface area contributed by atoms with Crippen molar-refractivity contribution in [2.75, 3.05) is 53.0 Å². The van der Waals surface area contributed by atoms with Crippen LogP contribution in [-0.2, 0) is 21.3 Å². The summed E-state index contributed by atoms with van der Waals surface area (Å²) in [6.45, 7) is 11.4. The number of methoxy groups -OCH3 is 1. The summed E-state index contributed by atoms with van der Waals surface area (Å²) in [5.74, 6) is -0.890. The summed E-state index contributed by atoms with van der Waals surface area (Å²) in [4.78, 5) is 41.9. The molecule has 162 valence electrons. The Hall–Kier alpha value is -2.19. The molecule has 1 aliphatic heterocycles. The lowest BCUT2D eigenvalue weighted by molar-refractivity contribution is -0.134. The molecule has 8 nitrogen and oxygen atoms in total. The van der Waals surface area contributed by atoms with Crippen molar-refractivity contribution in [3.05, 3.63) is 22.5 Å². The number of Topliss-reactive ketones (excluding diaryl/α,β-unsaturated/α-hetero) is 1. The zero-order valence-corrected chi connectivity index (χ0v) is 18.4. The van der Waals surface area contributed by atoms with Gasteiger partial charge in [-0.3, -0.25) is 14.5 Å². The molecule has 1 aromatic rings. The van der Waals surface area contributed by atoms with Gasteiger partial charge in [0.1, 0.15) is 5.69 Å². The Morgan fingerprint density at radius 3 is 2.34 bits per heavy atom. The second-order valence-corrected chi connectivity index (χ2v) is 7.78. The summed E-state index contributed by atoms with van der Waals surface area (Å²) < 4.78 is 11.9. The fourth-order valence-corrected chi connectivity index (χ4v) is 3.75. The number of carbonyl (C=O) groups excluding carboxylic acids is 3. The molecule has 1 fully saturated rings. The van der Waals surface area contributed by atoms with Crippen molar-refractivity contribution < 1.29 is 23.9 Å². The van der Waals surface area contributed by atoms with E-state index >= 15 is 0 Å². The van der Waals surface area contributed by atoms with Gasteiger partial charge in [-0.1, -0.05) is 13.8 Å². The molecule has 2 rings (SSSR count). The summed E-state index contributed by atoms with van der Waals surface area (Å²) >= 11 is 0. The molecule has 0 aromatic carbocycles. The number of rotatable bonds is 8. The average Bonchev–Trinajstić information content (AvgIpc) is 2.93. The van der Waals surface area contributed by atoms with Gasteiger partial charge >= 0.3 is 5.97 Å². The normalized spacial score (nSPS) is 14.9. The maximum Gasteiger partial charge on any atom is 0.354 e. The molecule has 0 bridgehead atoms. The van der Waals surface area contributed by atoms with E-state index < -0.39 is 5.97 Å². The second-order valence-electron chi connectivity index (χ2n) is 7.78. The van der Waals surface area contributed by atoms with Crippen LogP contribution in [0, 0.1) is 19.8 Å². The number of ether oxygens (including phenoxy) is 2. The molecule has 1 saturated heterocycles. The van der Waals surface area contributed by atoms with Gasteiger partial charge in [-0.05, 0) is 19.4 Å². The van der Waals surface area contributed by atoms with Crippen LogP contribution in [0.3, 0.4) is 0 Å². The average molecular weight is 408 g/mol. The van der Waals surface area contributed by atoms with Crippen LogP contribution in [0.15, 0.2) is 0 Å². The highest BCUT2D eigenvalue weighted by Gasteiger charge is 2.28. The fourth-order valence-electron chi connectivity index (χ4n) is 3.75. The smallest absolute Gasteiger partial charge is 0.354 e. The van der Waals surface area contributed by atoms with E-state index in [9.17, 15) is 14.4 Å². The number of morpholine rings is 1. The summed E-state index contributed by atoms with van der Waals surface area (Å²) in [6, 6.07) is 0. The topological polar surface area (TPSA) is 81.1 Å². The maximum atomic E-state index is 13.2. The van der Waals surface area contributed by atoms with E-state index in [1.54, 1.807) is 30.4 Å². The zero-order valence-electron chi connectivity index (χ0n) is 18.4. The number of aromatic nitrogens is 1. The number of carbonyl (C=O) groups is 3. The maximum absolute atomic E-state index is 13.2. The first-order valence-electron chi connectivity index (χ1n) is 10.0. The molecule has 2 heterocycles. The lowest BCUT2D eigenvalue weighted by Gasteiger charge is -2.30. The van der Waals surface area contributed by atoms with Gasteiger partial charge in [-0.25, -0.2) is 4.79 Å². The van der Waals surface area contributed by atoms with Gasteiger partial charge < -0.3 is 18.9 Å². The molecule has 0 atom stereocenters. The minimum atomic E-state index is -0.477. The van der Waals surface area contributed by atoms with Crippen molar-refractivity contribution in [3.8, 4) is 0 Å². The zero-order chi connectivity index (χ0) is 21.7. The Morgan fingerprint density at radius 1 is 1.17 bits per heavy atom. The van der Waals surface area contributed by atoms with Crippen LogP contribution in [-0.4, -0.2) is 85.1 Å². The standard InChI is InChI=1S/C21H33N3O5/c1-14(2)20(26)24(8-7-23-9-11-29-12-10-23)13-17(25)18-15(3)19(21(27)28-6)22(5)16(18)4/h14H,7-13H2,1-6H3. The number of ketones is 1. The van der Waals surface area contributed by atoms with E-state index in [1.807, 2.05) is 13.8 Å². The summed E-state index contributed by atoms with van der Waals surface area (Å²) in [7, 11) is 3.06. The van der Waals surface area contributed by atoms with Crippen LogP contribution >= 0.6 is 0 Å². The van der Waals surface area contributed by atoms with E-state index in [-0.39, 0.29) is 24.2 Å². The van der Waals surface area contributed by atoms with Crippen LogP contribution in [0.1, 0.15) is 46.0 Å². The molecule has 0 aliphatic carbocycles. The number of hydrogen-bond donors (Lipinski definition) is 0. The molecule has 29 heavy (non-hydrogen) atoms. The highest BCUT2D eigenvalue weighted by molar-refractivity contribution is 6.04. The molecule has 0 N–H and O–H groups in total. The van der Waals surface area contributed by atoms with Crippen molar-refractivity contribution in [1.82, 2.24) is 14.4 Å². The van der Waals surface area contributed by atoms with E-state index in [2.05, 4.69) is 4.90 Å². The van der Waals surface area contributed by atoms with Crippen LogP contribution in [0.5, 0.6) is 0 Å². The van der Waals surface area contributed by atoms with Crippen molar-refractivity contribution in [2.45, 2.75) is 27.7 Å². The van der Waals surface area contributed by atoms with Crippen LogP contribution < -0.4 is 0 Å².